The molecule has 0 spiro atoms. The third-order valence-corrected chi connectivity index (χ3v) is 5.03. The fourth-order valence-corrected chi connectivity index (χ4v) is 3.95. The molecule has 1 aromatic rings. The number of ketones is 1. The predicted octanol–water partition coefficient (Wildman–Crippen LogP) is 3.43. The van der Waals surface area contributed by atoms with Gasteiger partial charge in [0, 0.05) is 32.9 Å². The number of carbonyl (C=O) groups excluding carboxylic acids is 2. The van der Waals surface area contributed by atoms with Crippen molar-refractivity contribution in [2.24, 2.45) is 0 Å². The monoisotopic (exact) mass is 423 g/mol. The average Bonchev–Trinajstić information content (AvgIpc) is 2.53. The number of Topliss-reactive ketones (excluding diaryl/α,β-unsaturated/α-hetero) is 1. The molecule has 23 heavy (non-hydrogen) atoms. The number of dihydropyridines is 1. The van der Waals surface area contributed by atoms with Gasteiger partial charge in [-0.1, -0.05) is 12.1 Å². The fraction of sp³-hybridized carbons (Fsp3) is 0.333. The normalized spacial score (nSPS) is 21.0. The zero-order valence-corrected chi connectivity index (χ0v) is 15.3. The SMILES string of the molecule is COC(=O)C1=C(C)NC2=C(C(=O)CCC2)[C@H]1c1cccc(I)c1. The molecule has 0 aromatic heterocycles. The molecule has 5 heteroatoms. The van der Waals surface area contributed by atoms with Crippen LogP contribution < -0.4 is 5.32 Å². The van der Waals surface area contributed by atoms with Gasteiger partial charge in [-0.05, 0) is 60.1 Å². The molecule has 0 bridgehead atoms. The van der Waals surface area contributed by atoms with Gasteiger partial charge in [-0.3, -0.25) is 4.79 Å². The van der Waals surface area contributed by atoms with E-state index in [9.17, 15) is 9.59 Å². The maximum atomic E-state index is 12.6. The molecule has 2 aliphatic rings. The highest BCUT2D eigenvalue weighted by atomic mass is 127. The number of halogens is 1. The standard InChI is InChI=1S/C18H18INO3/c1-10-15(18(22)23-2)16(11-5-3-6-12(19)9-11)17-13(20-10)7-4-8-14(17)21/h3,5-6,9,16,20H,4,7-8H2,1-2H3/t16-/m0/s1. The Bertz CT molecular complexity index is 748. The molecule has 3 rings (SSSR count). The molecule has 4 nitrogen and oxygen atoms in total. The first-order valence-electron chi connectivity index (χ1n) is 7.60. The van der Waals surface area contributed by atoms with E-state index in [4.69, 9.17) is 4.74 Å². The molecule has 0 saturated carbocycles. The summed E-state index contributed by atoms with van der Waals surface area (Å²) in [6.07, 6.45) is 2.23. The van der Waals surface area contributed by atoms with Crippen LogP contribution in [0.1, 0.15) is 37.7 Å². The van der Waals surface area contributed by atoms with Gasteiger partial charge in [0.2, 0.25) is 0 Å². The number of hydrogen-bond donors (Lipinski definition) is 1. The molecule has 1 aliphatic heterocycles. The van der Waals surface area contributed by atoms with Gasteiger partial charge in [0.1, 0.15) is 0 Å². The minimum absolute atomic E-state index is 0.122. The molecular weight excluding hydrogens is 405 g/mol. The van der Waals surface area contributed by atoms with Crippen LogP contribution in [0.15, 0.2) is 46.8 Å². The van der Waals surface area contributed by atoms with E-state index < -0.39 is 0 Å². The molecule has 0 radical (unpaired) electrons. The third-order valence-electron chi connectivity index (χ3n) is 4.36. The van der Waals surface area contributed by atoms with Gasteiger partial charge < -0.3 is 10.1 Å². The van der Waals surface area contributed by atoms with Crippen molar-refractivity contribution in [1.82, 2.24) is 5.32 Å². The Balaban J connectivity index is 2.20. The van der Waals surface area contributed by atoms with Crippen LogP contribution in [-0.4, -0.2) is 18.9 Å². The molecule has 1 atom stereocenters. The highest BCUT2D eigenvalue weighted by molar-refractivity contribution is 14.1. The van der Waals surface area contributed by atoms with Crippen molar-refractivity contribution in [1.29, 1.82) is 0 Å². The van der Waals surface area contributed by atoms with Gasteiger partial charge >= 0.3 is 5.97 Å². The molecule has 1 aliphatic carbocycles. The average molecular weight is 423 g/mol. The van der Waals surface area contributed by atoms with Gasteiger partial charge in [0.25, 0.3) is 0 Å². The van der Waals surface area contributed by atoms with Crippen molar-refractivity contribution in [3.63, 3.8) is 0 Å². The molecule has 0 fully saturated rings. The van der Waals surface area contributed by atoms with Crippen LogP contribution in [0.4, 0.5) is 0 Å². The molecule has 120 valence electrons. The number of esters is 1. The van der Waals surface area contributed by atoms with E-state index in [2.05, 4.69) is 27.9 Å². The van der Waals surface area contributed by atoms with Gasteiger partial charge in [-0.25, -0.2) is 4.79 Å². The zero-order valence-electron chi connectivity index (χ0n) is 13.1. The Kier molecular flexibility index (Phi) is 4.57. The number of hydrogen-bond acceptors (Lipinski definition) is 4. The first-order chi connectivity index (χ1) is 11.0. The molecule has 1 N–H and O–H groups in total. The maximum Gasteiger partial charge on any atom is 0.336 e. The number of allylic oxidation sites excluding steroid dienone is 3. The lowest BCUT2D eigenvalue weighted by molar-refractivity contribution is -0.136. The van der Waals surface area contributed by atoms with Crippen molar-refractivity contribution in [2.75, 3.05) is 7.11 Å². The summed E-state index contributed by atoms with van der Waals surface area (Å²) in [4.78, 5) is 25.0. The van der Waals surface area contributed by atoms with E-state index in [1.165, 1.54) is 7.11 Å². The highest BCUT2D eigenvalue weighted by Gasteiger charge is 2.38. The first kappa shape index (κ1) is 16.2. The largest absolute Gasteiger partial charge is 0.466 e. The second kappa shape index (κ2) is 6.47. The van der Waals surface area contributed by atoms with Crippen LogP contribution in [0.5, 0.6) is 0 Å². The predicted molar refractivity (Wildman–Crippen MR) is 95.6 cm³/mol. The zero-order chi connectivity index (χ0) is 16.6. The summed E-state index contributed by atoms with van der Waals surface area (Å²) in [7, 11) is 1.38. The lowest BCUT2D eigenvalue weighted by atomic mass is 9.75. The van der Waals surface area contributed by atoms with Gasteiger partial charge in [0.05, 0.1) is 12.7 Å². The lowest BCUT2D eigenvalue weighted by Crippen LogP contribution is -2.34. The van der Waals surface area contributed by atoms with Crippen molar-refractivity contribution in [2.45, 2.75) is 32.1 Å². The van der Waals surface area contributed by atoms with Gasteiger partial charge in [-0.15, -0.1) is 0 Å². The smallest absolute Gasteiger partial charge is 0.336 e. The number of nitrogens with one attached hydrogen (secondary N) is 1. The van der Waals surface area contributed by atoms with Gasteiger partial charge in [0.15, 0.2) is 5.78 Å². The first-order valence-corrected chi connectivity index (χ1v) is 8.68. The minimum Gasteiger partial charge on any atom is -0.466 e. The summed E-state index contributed by atoms with van der Waals surface area (Å²) < 4.78 is 6.06. The molecular formula is C18H18INO3. The summed E-state index contributed by atoms with van der Waals surface area (Å²) >= 11 is 2.24. The highest BCUT2D eigenvalue weighted by Crippen LogP contribution is 2.42. The van der Waals surface area contributed by atoms with Crippen LogP contribution in [0.3, 0.4) is 0 Å². The van der Waals surface area contributed by atoms with Crippen LogP contribution in [0.25, 0.3) is 0 Å². The van der Waals surface area contributed by atoms with E-state index in [1.54, 1.807) is 0 Å². The third kappa shape index (κ3) is 2.94. The van der Waals surface area contributed by atoms with Crippen LogP contribution >= 0.6 is 22.6 Å². The lowest BCUT2D eigenvalue weighted by Gasteiger charge is -2.34. The minimum atomic E-state index is -0.385. The number of carbonyl (C=O) groups is 2. The molecule has 0 amide bonds. The molecule has 0 unspecified atom stereocenters. The molecule has 1 heterocycles. The maximum absolute atomic E-state index is 12.6. The van der Waals surface area contributed by atoms with Gasteiger partial charge in [-0.2, -0.15) is 0 Å². The summed E-state index contributed by atoms with van der Waals surface area (Å²) in [5, 5.41) is 3.26. The number of benzene rings is 1. The van der Waals surface area contributed by atoms with E-state index >= 15 is 0 Å². The quantitative estimate of drug-likeness (QED) is 0.585. The number of rotatable bonds is 2. The fourth-order valence-electron chi connectivity index (χ4n) is 3.38. The van der Waals surface area contributed by atoms with E-state index in [0.29, 0.717) is 12.0 Å². The Morgan fingerprint density at radius 1 is 1.35 bits per heavy atom. The van der Waals surface area contributed by atoms with Crippen molar-refractivity contribution in [3.8, 4) is 0 Å². The summed E-state index contributed by atoms with van der Waals surface area (Å²) in [6.45, 7) is 1.87. The van der Waals surface area contributed by atoms with Crippen molar-refractivity contribution < 1.29 is 14.3 Å². The van der Waals surface area contributed by atoms with E-state index in [1.807, 2.05) is 31.2 Å². The second-order valence-electron chi connectivity index (χ2n) is 5.81. The summed E-state index contributed by atoms with van der Waals surface area (Å²) in [5.74, 6) is -0.610. The van der Waals surface area contributed by atoms with Crippen LogP contribution in [-0.2, 0) is 14.3 Å². The summed E-state index contributed by atoms with van der Waals surface area (Å²) in [6, 6.07) is 7.95. The van der Waals surface area contributed by atoms with Crippen LogP contribution in [0.2, 0.25) is 0 Å². The Morgan fingerprint density at radius 2 is 2.13 bits per heavy atom. The van der Waals surface area contributed by atoms with E-state index in [0.717, 1.165) is 38.9 Å². The summed E-state index contributed by atoms with van der Waals surface area (Å²) in [5.41, 5.74) is 3.94. The Hall–Kier alpha value is -1.63. The number of methoxy groups -OCH3 is 1. The second-order valence-corrected chi connectivity index (χ2v) is 7.06. The van der Waals surface area contributed by atoms with E-state index in [-0.39, 0.29) is 17.7 Å². The molecule has 1 aromatic carbocycles. The Labute approximate surface area is 149 Å². The van der Waals surface area contributed by atoms with Crippen LogP contribution in [0, 0.1) is 3.57 Å². The Morgan fingerprint density at radius 3 is 2.83 bits per heavy atom. The van der Waals surface area contributed by atoms with Crippen molar-refractivity contribution >= 4 is 34.3 Å². The molecule has 0 saturated heterocycles. The topological polar surface area (TPSA) is 55.4 Å². The van der Waals surface area contributed by atoms with Crippen molar-refractivity contribution in [3.05, 3.63) is 55.9 Å². The number of ether oxygens (including phenoxy) is 1.